The quantitative estimate of drug-likeness (QED) is 0.560. The van der Waals surface area contributed by atoms with Crippen molar-refractivity contribution in [1.82, 2.24) is 5.32 Å². The van der Waals surface area contributed by atoms with Crippen molar-refractivity contribution < 1.29 is 14.0 Å². The van der Waals surface area contributed by atoms with E-state index in [1.807, 2.05) is 37.3 Å². The van der Waals surface area contributed by atoms with Gasteiger partial charge in [-0.2, -0.15) is 0 Å². The number of hydrogen-bond donors (Lipinski definition) is 3. The van der Waals surface area contributed by atoms with Crippen molar-refractivity contribution in [2.45, 2.75) is 13.0 Å². The van der Waals surface area contributed by atoms with Gasteiger partial charge in [0.1, 0.15) is 5.82 Å². The minimum absolute atomic E-state index is 0.0209. The summed E-state index contributed by atoms with van der Waals surface area (Å²) in [7, 11) is 0. The molecule has 1 atom stereocenters. The summed E-state index contributed by atoms with van der Waals surface area (Å²) in [5, 5.41) is 8.61. The molecule has 0 saturated carbocycles. The van der Waals surface area contributed by atoms with Crippen LogP contribution in [0.3, 0.4) is 0 Å². The third-order valence-corrected chi connectivity index (χ3v) is 4.35. The Balaban J connectivity index is 1.56. The maximum atomic E-state index is 12.9. The lowest BCUT2D eigenvalue weighted by Crippen LogP contribution is -2.27. The number of carbonyl (C=O) groups is 2. The van der Waals surface area contributed by atoms with Gasteiger partial charge in [0, 0.05) is 16.9 Å². The first-order chi connectivity index (χ1) is 14.0. The van der Waals surface area contributed by atoms with Gasteiger partial charge in [0.15, 0.2) is 0 Å². The number of benzene rings is 3. The molecule has 0 aliphatic carbocycles. The summed E-state index contributed by atoms with van der Waals surface area (Å²) in [4.78, 5) is 24.7. The standard InChI is InChI=1S/C23H22FN3O2/c1-16(17-6-3-2-4-7-17)26-23(29)18-8-5-9-21(14-18)27-22(28)15-25-20-12-10-19(24)11-13-20/h2-14,16,25H,15H2,1H3,(H,26,29)(H,27,28). The number of nitrogens with one attached hydrogen (secondary N) is 3. The molecule has 3 N–H and O–H groups in total. The Hall–Kier alpha value is -3.67. The first-order valence-corrected chi connectivity index (χ1v) is 9.26. The second kappa shape index (κ2) is 9.50. The molecule has 2 amide bonds. The van der Waals surface area contributed by atoms with Crippen LogP contribution in [-0.2, 0) is 4.79 Å². The van der Waals surface area contributed by atoms with E-state index in [9.17, 15) is 14.0 Å². The monoisotopic (exact) mass is 391 g/mol. The normalized spacial score (nSPS) is 11.4. The second-order valence-corrected chi connectivity index (χ2v) is 6.60. The zero-order chi connectivity index (χ0) is 20.6. The lowest BCUT2D eigenvalue weighted by atomic mass is 10.1. The van der Waals surface area contributed by atoms with E-state index in [0.717, 1.165) is 5.56 Å². The van der Waals surface area contributed by atoms with Crippen molar-refractivity contribution in [3.63, 3.8) is 0 Å². The van der Waals surface area contributed by atoms with Crippen LogP contribution in [0.25, 0.3) is 0 Å². The van der Waals surface area contributed by atoms with E-state index in [1.54, 1.807) is 36.4 Å². The molecule has 0 fully saturated rings. The highest BCUT2D eigenvalue weighted by molar-refractivity contribution is 5.98. The smallest absolute Gasteiger partial charge is 0.251 e. The van der Waals surface area contributed by atoms with Crippen LogP contribution in [0.1, 0.15) is 28.9 Å². The van der Waals surface area contributed by atoms with Gasteiger partial charge in [-0.1, -0.05) is 36.4 Å². The van der Waals surface area contributed by atoms with E-state index in [-0.39, 0.29) is 30.2 Å². The minimum Gasteiger partial charge on any atom is -0.376 e. The summed E-state index contributed by atoms with van der Waals surface area (Å²) in [6.07, 6.45) is 0. The zero-order valence-electron chi connectivity index (χ0n) is 16.0. The summed E-state index contributed by atoms with van der Waals surface area (Å²) in [5.74, 6) is -0.830. The maximum Gasteiger partial charge on any atom is 0.251 e. The van der Waals surface area contributed by atoms with E-state index in [1.165, 1.54) is 12.1 Å². The fourth-order valence-electron chi connectivity index (χ4n) is 2.80. The molecule has 0 heterocycles. The van der Waals surface area contributed by atoms with Gasteiger partial charge in [0.2, 0.25) is 5.91 Å². The van der Waals surface area contributed by atoms with Crippen LogP contribution < -0.4 is 16.0 Å². The van der Waals surface area contributed by atoms with Crippen LogP contribution in [0, 0.1) is 5.82 Å². The number of hydrogen-bond acceptors (Lipinski definition) is 3. The highest BCUT2D eigenvalue weighted by Gasteiger charge is 2.12. The largest absolute Gasteiger partial charge is 0.376 e. The molecule has 0 radical (unpaired) electrons. The van der Waals surface area contributed by atoms with Gasteiger partial charge < -0.3 is 16.0 Å². The Labute approximate surface area is 169 Å². The molecule has 0 spiro atoms. The first-order valence-electron chi connectivity index (χ1n) is 9.26. The molecule has 0 aliphatic rings. The highest BCUT2D eigenvalue weighted by atomic mass is 19.1. The van der Waals surface area contributed by atoms with Gasteiger partial charge in [0.25, 0.3) is 5.91 Å². The molecule has 0 saturated heterocycles. The van der Waals surface area contributed by atoms with Crippen LogP contribution in [0.15, 0.2) is 78.9 Å². The van der Waals surface area contributed by atoms with Crippen molar-refractivity contribution in [2.75, 3.05) is 17.2 Å². The summed E-state index contributed by atoms with van der Waals surface area (Å²) in [6.45, 7) is 1.94. The molecule has 148 valence electrons. The lowest BCUT2D eigenvalue weighted by Gasteiger charge is -2.15. The van der Waals surface area contributed by atoms with E-state index < -0.39 is 0 Å². The van der Waals surface area contributed by atoms with Gasteiger partial charge in [-0.05, 0) is 55.0 Å². The molecule has 5 nitrogen and oxygen atoms in total. The predicted molar refractivity (Wildman–Crippen MR) is 112 cm³/mol. The number of carbonyl (C=O) groups excluding carboxylic acids is 2. The molecule has 3 aromatic rings. The molecule has 1 unspecified atom stereocenters. The molecule has 0 bridgehead atoms. The molecule has 0 aliphatic heterocycles. The molecule has 6 heteroatoms. The van der Waals surface area contributed by atoms with Gasteiger partial charge in [-0.3, -0.25) is 9.59 Å². The molecule has 3 rings (SSSR count). The maximum absolute atomic E-state index is 12.9. The third-order valence-electron chi connectivity index (χ3n) is 4.35. The van der Waals surface area contributed by atoms with Crippen molar-refractivity contribution in [3.8, 4) is 0 Å². The van der Waals surface area contributed by atoms with Crippen molar-refractivity contribution in [3.05, 3.63) is 95.8 Å². The number of anilines is 2. The van der Waals surface area contributed by atoms with Gasteiger partial charge in [-0.15, -0.1) is 0 Å². The lowest BCUT2D eigenvalue weighted by molar-refractivity contribution is -0.114. The summed E-state index contributed by atoms with van der Waals surface area (Å²) in [6, 6.07) is 22.0. The second-order valence-electron chi connectivity index (χ2n) is 6.60. The molecule has 29 heavy (non-hydrogen) atoms. The van der Waals surface area contributed by atoms with Crippen LogP contribution in [0.5, 0.6) is 0 Å². The summed E-state index contributed by atoms with van der Waals surface area (Å²) >= 11 is 0. The van der Waals surface area contributed by atoms with E-state index in [4.69, 9.17) is 0 Å². The molecule has 0 aromatic heterocycles. The molecular formula is C23H22FN3O2. The predicted octanol–water partition coefficient (Wildman–Crippen LogP) is 4.37. The van der Waals surface area contributed by atoms with Crippen LogP contribution in [-0.4, -0.2) is 18.4 Å². The van der Waals surface area contributed by atoms with Crippen LogP contribution >= 0.6 is 0 Å². The Morgan fingerprint density at radius 1 is 0.897 bits per heavy atom. The van der Waals surface area contributed by atoms with Crippen LogP contribution in [0.4, 0.5) is 15.8 Å². The van der Waals surface area contributed by atoms with Crippen LogP contribution in [0.2, 0.25) is 0 Å². The Kier molecular flexibility index (Phi) is 6.58. The van der Waals surface area contributed by atoms with E-state index in [2.05, 4.69) is 16.0 Å². The van der Waals surface area contributed by atoms with Crippen molar-refractivity contribution >= 4 is 23.2 Å². The third kappa shape index (κ3) is 5.90. The Morgan fingerprint density at radius 2 is 1.62 bits per heavy atom. The van der Waals surface area contributed by atoms with Crippen molar-refractivity contribution in [2.24, 2.45) is 0 Å². The molecular weight excluding hydrogens is 369 g/mol. The fraction of sp³-hybridized carbons (Fsp3) is 0.130. The van der Waals surface area contributed by atoms with Gasteiger partial charge >= 0.3 is 0 Å². The topological polar surface area (TPSA) is 70.2 Å². The van der Waals surface area contributed by atoms with Gasteiger partial charge in [-0.25, -0.2) is 4.39 Å². The average molecular weight is 391 g/mol. The Bertz CT molecular complexity index is 975. The van der Waals surface area contributed by atoms with E-state index in [0.29, 0.717) is 16.9 Å². The number of rotatable bonds is 7. The Morgan fingerprint density at radius 3 is 2.34 bits per heavy atom. The summed E-state index contributed by atoms with van der Waals surface area (Å²) < 4.78 is 12.9. The number of amides is 2. The zero-order valence-corrected chi connectivity index (χ0v) is 16.0. The minimum atomic E-state index is -0.336. The fourth-order valence-corrected chi connectivity index (χ4v) is 2.80. The van der Waals surface area contributed by atoms with E-state index >= 15 is 0 Å². The highest BCUT2D eigenvalue weighted by Crippen LogP contribution is 2.15. The SMILES string of the molecule is CC(NC(=O)c1cccc(NC(=O)CNc2ccc(F)cc2)c1)c1ccccc1. The number of halogens is 1. The summed E-state index contributed by atoms with van der Waals surface area (Å²) in [5.41, 5.74) is 2.63. The molecule has 3 aromatic carbocycles. The first kappa shape index (κ1) is 20.1. The van der Waals surface area contributed by atoms with Gasteiger partial charge in [0.05, 0.1) is 12.6 Å². The average Bonchev–Trinajstić information content (AvgIpc) is 2.74. The van der Waals surface area contributed by atoms with Crippen molar-refractivity contribution in [1.29, 1.82) is 0 Å².